The van der Waals surface area contributed by atoms with Crippen LogP contribution < -0.4 is 0 Å². The molecule has 88 valence electrons. The van der Waals surface area contributed by atoms with E-state index in [4.69, 9.17) is 0 Å². The SMILES string of the molecule is OC(CC1CCCCCC1)CC1CCC1. The van der Waals surface area contributed by atoms with E-state index in [2.05, 4.69) is 0 Å². The van der Waals surface area contributed by atoms with Crippen LogP contribution in [0.5, 0.6) is 0 Å². The van der Waals surface area contributed by atoms with Gasteiger partial charge in [-0.25, -0.2) is 0 Å². The van der Waals surface area contributed by atoms with Gasteiger partial charge in [0.2, 0.25) is 0 Å². The van der Waals surface area contributed by atoms with Crippen molar-refractivity contribution in [3.05, 3.63) is 0 Å². The fourth-order valence-corrected chi connectivity index (χ4v) is 3.19. The third-order valence-electron chi connectivity index (χ3n) is 4.41. The molecule has 0 bridgehead atoms. The van der Waals surface area contributed by atoms with Crippen LogP contribution in [0.4, 0.5) is 0 Å². The Labute approximate surface area is 94.3 Å². The van der Waals surface area contributed by atoms with Gasteiger partial charge in [-0.2, -0.15) is 0 Å². The fourth-order valence-electron chi connectivity index (χ4n) is 3.19. The van der Waals surface area contributed by atoms with Crippen molar-refractivity contribution in [2.75, 3.05) is 0 Å². The van der Waals surface area contributed by atoms with Crippen molar-refractivity contribution in [3.63, 3.8) is 0 Å². The Balaban J connectivity index is 1.64. The largest absolute Gasteiger partial charge is 0.393 e. The molecule has 0 aliphatic heterocycles. The van der Waals surface area contributed by atoms with E-state index < -0.39 is 0 Å². The number of aliphatic hydroxyl groups is 1. The van der Waals surface area contributed by atoms with Crippen molar-refractivity contribution < 1.29 is 5.11 Å². The van der Waals surface area contributed by atoms with E-state index in [1.54, 1.807) is 0 Å². The number of aliphatic hydroxyl groups excluding tert-OH is 1. The lowest BCUT2D eigenvalue weighted by atomic mass is 9.79. The average molecular weight is 210 g/mol. The molecule has 1 N–H and O–H groups in total. The first kappa shape index (κ1) is 11.4. The Hall–Kier alpha value is -0.0400. The van der Waals surface area contributed by atoms with Crippen LogP contribution in [0.2, 0.25) is 0 Å². The van der Waals surface area contributed by atoms with Crippen LogP contribution in [-0.2, 0) is 0 Å². The molecule has 15 heavy (non-hydrogen) atoms. The molecule has 2 aliphatic rings. The zero-order valence-electron chi connectivity index (χ0n) is 9.96. The molecule has 2 aliphatic carbocycles. The minimum absolute atomic E-state index is 0.0124. The van der Waals surface area contributed by atoms with Crippen molar-refractivity contribution >= 4 is 0 Å². The van der Waals surface area contributed by atoms with Crippen LogP contribution in [0, 0.1) is 11.8 Å². The molecule has 1 atom stereocenters. The molecule has 2 fully saturated rings. The quantitative estimate of drug-likeness (QED) is 0.698. The Kier molecular flexibility index (Phi) is 4.49. The van der Waals surface area contributed by atoms with Crippen LogP contribution in [0.3, 0.4) is 0 Å². The molecule has 0 aromatic rings. The van der Waals surface area contributed by atoms with Gasteiger partial charge in [-0.15, -0.1) is 0 Å². The Morgan fingerprint density at radius 2 is 1.20 bits per heavy atom. The molecular formula is C14H26O. The highest BCUT2D eigenvalue weighted by molar-refractivity contribution is 4.75. The summed E-state index contributed by atoms with van der Waals surface area (Å²) in [6, 6.07) is 0. The van der Waals surface area contributed by atoms with Gasteiger partial charge in [-0.3, -0.25) is 0 Å². The van der Waals surface area contributed by atoms with Gasteiger partial charge in [0.15, 0.2) is 0 Å². The summed E-state index contributed by atoms with van der Waals surface area (Å²) in [5, 5.41) is 10.0. The lowest BCUT2D eigenvalue weighted by Gasteiger charge is -2.29. The van der Waals surface area contributed by atoms with Crippen LogP contribution in [0.15, 0.2) is 0 Å². The number of hydrogen-bond donors (Lipinski definition) is 1. The molecule has 0 aromatic carbocycles. The third-order valence-corrected chi connectivity index (χ3v) is 4.41. The lowest BCUT2D eigenvalue weighted by Crippen LogP contribution is -2.21. The summed E-state index contributed by atoms with van der Waals surface area (Å²) in [4.78, 5) is 0. The summed E-state index contributed by atoms with van der Waals surface area (Å²) in [6.45, 7) is 0. The number of hydrogen-bond acceptors (Lipinski definition) is 1. The van der Waals surface area contributed by atoms with Gasteiger partial charge in [0.25, 0.3) is 0 Å². The second-order valence-corrected chi connectivity index (χ2v) is 5.78. The maximum absolute atomic E-state index is 10.0. The van der Waals surface area contributed by atoms with Crippen molar-refractivity contribution in [2.24, 2.45) is 11.8 Å². The first-order chi connectivity index (χ1) is 7.34. The summed E-state index contributed by atoms with van der Waals surface area (Å²) in [5.41, 5.74) is 0. The summed E-state index contributed by atoms with van der Waals surface area (Å²) < 4.78 is 0. The highest BCUT2D eigenvalue weighted by Crippen LogP contribution is 2.33. The minimum Gasteiger partial charge on any atom is -0.393 e. The van der Waals surface area contributed by atoms with Gasteiger partial charge in [0.05, 0.1) is 6.10 Å². The van der Waals surface area contributed by atoms with Gasteiger partial charge in [-0.05, 0) is 24.7 Å². The molecule has 1 nitrogen and oxygen atoms in total. The smallest absolute Gasteiger partial charge is 0.0545 e. The zero-order valence-corrected chi connectivity index (χ0v) is 9.96. The topological polar surface area (TPSA) is 20.2 Å². The first-order valence-corrected chi connectivity index (χ1v) is 7.02. The van der Waals surface area contributed by atoms with Gasteiger partial charge >= 0.3 is 0 Å². The molecule has 1 heteroatoms. The van der Waals surface area contributed by atoms with E-state index in [0.29, 0.717) is 0 Å². The standard InChI is InChI=1S/C14H26O/c15-14(11-13-8-5-9-13)10-12-6-3-1-2-4-7-12/h12-15H,1-11H2. The first-order valence-electron chi connectivity index (χ1n) is 7.02. The summed E-state index contributed by atoms with van der Waals surface area (Å²) in [5.74, 6) is 1.70. The summed E-state index contributed by atoms with van der Waals surface area (Å²) in [6.07, 6.45) is 14.8. The number of rotatable bonds is 4. The van der Waals surface area contributed by atoms with Crippen LogP contribution in [0.25, 0.3) is 0 Å². The monoisotopic (exact) mass is 210 g/mol. The molecule has 0 aromatic heterocycles. The summed E-state index contributed by atoms with van der Waals surface area (Å²) >= 11 is 0. The van der Waals surface area contributed by atoms with E-state index in [1.165, 1.54) is 57.8 Å². The Morgan fingerprint density at radius 1 is 0.733 bits per heavy atom. The van der Waals surface area contributed by atoms with Crippen molar-refractivity contribution in [1.82, 2.24) is 0 Å². The highest BCUT2D eigenvalue weighted by Gasteiger charge is 2.23. The molecule has 0 radical (unpaired) electrons. The van der Waals surface area contributed by atoms with Crippen LogP contribution in [0.1, 0.15) is 70.6 Å². The molecule has 1 unspecified atom stereocenters. The maximum Gasteiger partial charge on any atom is 0.0545 e. The van der Waals surface area contributed by atoms with Crippen molar-refractivity contribution in [1.29, 1.82) is 0 Å². The molecule has 0 heterocycles. The second kappa shape index (κ2) is 5.89. The molecule has 0 spiro atoms. The molecule has 2 rings (SSSR count). The Morgan fingerprint density at radius 3 is 1.60 bits per heavy atom. The summed E-state index contributed by atoms with van der Waals surface area (Å²) in [7, 11) is 0. The van der Waals surface area contributed by atoms with Gasteiger partial charge in [-0.1, -0.05) is 57.8 Å². The van der Waals surface area contributed by atoms with Crippen molar-refractivity contribution in [2.45, 2.75) is 76.7 Å². The van der Waals surface area contributed by atoms with Crippen molar-refractivity contribution in [3.8, 4) is 0 Å². The third kappa shape index (κ3) is 3.79. The van der Waals surface area contributed by atoms with E-state index in [-0.39, 0.29) is 6.10 Å². The predicted molar refractivity (Wildman–Crippen MR) is 63.8 cm³/mol. The van der Waals surface area contributed by atoms with Crippen LogP contribution >= 0.6 is 0 Å². The maximum atomic E-state index is 10.0. The molecule has 0 saturated heterocycles. The average Bonchev–Trinajstić information content (AvgIpc) is 2.40. The Bertz CT molecular complexity index is 166. The molecule has 0 amide bonds. The van der Waals surface area contributed by atoms with Gasteiger partial charge < -0.3 is 5.11 Å². The van der Waals surface area contributed by atoms with E-state index in [9.17, 15) is 5.11 Å². The van der Waals surface area contributed by atoms with Gasteiger partial charge in [0.1, 0.15) is 0 Å². The van der Waals surface area contributed by atoms with Gasteiger partial charge in [0, 0.05) is 0 Å². The molecular weight excluding hydrogens is 184 g/mol. The normalized spacial score (nSPS) is 27.0. The highest BCUT2D eigenvalue weighted by atomic mass is 16.3. The fraction of sp³-hybridized carbons (Fsp3) is 1.00. The lowest BCUT2D eigenvalue weighted by molar-refractivity contribution is 0.0912. The molecule has 2 saturated carbocycles. The predicted octanol–water partition coefficient (Wildman–Crippen LogP) is 3.90. The zero-order chi connectivity index (χ0) is 10.5. The second-order valence-electron chi connectivity index (χ2n) is 5.78. The van der Waals surface area contributed by atoms with E-state index in [0.717, 1.165) is 24.7 Å². The minimum atomic E-state index is 0.0124. The van der Waals surface area contributed by atoms with Crippen LogP contribution in [-0.4, -0.2) is 11.2 Å². The van der Waals surface area contributed by atoms with E-state index >= 15 is 0 Å². The van der Waals surface area contributed by atoms with E-state index in [1.807, 2.05) is 0 Å².